The van der Waals surface area contributed by atoms with Gasteiger partial charge in [-0.25, -0.2) is 8.96 Å². The molecule has 2 N–H and O–H groups in total. The van der Waals surface area contributed by atoms with Gasteiger partial charge in [0.2, 0.25) is 11.8 Å². The third-order valence-electron chi connectivity index (χ3n) is 4.03. The lowest BCUT2D eigenvalue weighted by Gasteiger charge is -2.27. The number of benzene rings is 1. The summed E-state index contributed by atoms with van der Waals surface area (Å²) in [5, 5.41) is 19.9. The van der Waals surface area contributed by atoms with Crippen LogP contribution in [0.5, 0.6) is 11.8 Å². The van der Waals surface area contributed by atoms with Crippen LogP contribution in [0.1, 0.15) is 11.1 Å². The Balaban J connectivity index is 1.73. The van der Waals surface area contributed by atoms with Crippen molar-refractivity contribution in [2.24, 2.45) is 0 Å². The van der Waals surface area contributed by atoms with Gasteiger partial charge < -0.3 is 19.8 Å². The zero-order chi connectivity index (χ0) is 15.4. The third kappa shape index (κ3) is 1.79. The van der Waals surface area contributed by atoms with E-state index in [-0.39, 0.29) is 30.0 Å². The predicted molar refractivity (Wildman–Crippen MR) is 75.0 cm³/mol. The average Bonchev–Trinajstić information content (AvgIpc) is 3.25. The van der Waals surface area contributed by atoms with E-state index < -0.39 is 5.82 Å². The molecule has 0 bridgehead atoms. The zero-order valence-electron chi connectivity index (χ0n) is 11.5. The van der Waals surface area contributed by atoms with Crippen molar-refractivity contribution in [1.29, 1.82) is 0 Å². The quantitative estimate of drug-likeness (QED) is 0.748. The Bertz CT molecular complexity index is 774. The second-order valence-electron chi connectivity index (χ2n) is 5.35. The number of aromatic hydroxyl groups is 2. The van der Waals surface area contributed by atoms with Gasteiger partial charge in [0.1, 0.15) is 12.4 Å². The van der Waals surface area contributed by atoms with Crippen LogP contribution in [0, 0.1) is 5.82 Å². The largest absolute Gasteiger partial charge is 0.494 e. The molecule has 1 saturated heterocycles. The summed E-state index contributed by atoms with van der Waals surface area (Å²) in [6.07, 6.45) is 0.538. The minimum atomic E-state index is -0.627. The molecule has 2 aromatic rings. The highest BCUT2D eigenvalue weighted by Crippen LogP contribution is 2.48. The maximum absolute atomic E-state index is 14.4. The first-order valence-corrected chi connectivity index (χ1v) is 6.90. The molecule has 114 valence electrons. The molecule has 0 spiro atoms. The van der Waals surface area contributed by atoms with Crippen molar-refractivity contribution < 1.29 is 24.1 Å². The fourth-order valence-corrected chi connectivity index (χ4v) is 2.80. The van der Waals surface area contributed by atoms with Crippen LogP contribution < -0.4 is 4.90 Å². The number of halogens is 1. The number of rotatable bonds is 2. The molecule has 2 heterocycles. The zero-order valence-corrected chi connectivity index (χ0v) is 11.5. The Kier molecular flexibility index (Phi) is 2.67. The van der Waals surface area contributed by atoms with Gasteiger partial charge in [-0.1, -0.05) is 0 Å². The first-order valence-electron chi connectivity index (χ1n) is 6.90. The van der Waals surface area contributed by atoms with Gasteiger partial charge >= 0.3 is 0 Å². The molecule has 0 atom stereocenters. The molecule has 22 heavy (non-hydrogen) atoms. The van der Waals surface area contributed by atoms with E-state index in [1.807, 2.05) is 0 Å². The minimum absolute atomic E-state index is 0.0186. The van der Waals surface area contributed by atoms with E-state index in [4.69, 9.17) is 4.74 Å². The number of carbonyl (C=O) groups excluding carboxylic acids is 1. The summed E-state index contributed by atoms with van der Waals surface area (Å²) in [5.41, 5.74) is 1.76. The van der Waals surface area contributed by atoms with Gasteiger partial charge in [0.05, 0.1) is 12.3 Å². The number of amides is 1. The fraction of sp³-hybridized carbons (Fsp3) is 0.267. The number of fused-ring (bicyclic) bond motifs is 1. The van der Waals surface area contributed by atoms with Crippen LogP contribution in [0.25, 0.3) is 5.69 Å². The van der Waals surface area contributed by atoms with E-state index in [1.54, 1.807) is 6.07 Å². The summed E-state index contributed by atoms with van der Waals surface area (Å²) in [4.78, 5) is 13.2. The van der Waals surface area contributed by atoms with Crippen molar-refractivity contribution in [3.05, 3.63) is 35.1 Å². The second-order valence-corrected chi connectivity index (χ2v) is 5.35. The molecule has 1 aromatic heterocycles. The van der Waals surface area contributed by atoms with Crippen molar-refractivity contribution in [1.82, 2.24) is 4.57 Å². The molecule has 1 aromatic carbocycles. The number of carbonyl (C=O) groups is 1. The van der Waals surface area contributed by atoms with Crippen molar-refractivity contribution in [3.63, 3.8) is 0 Å². The number of ether oxygens (including phenoxy) is 1. The van der Waals surface area contributed by atoms with Gasteiger partial charge in [0.25, 0.3) is 5.91 Å². The first-order chi connectivity index (χ1) is 10.6. The van der Waals surface area contributed by atoms with E-state index in [0.717, 1.165) is 4.57 Å². The summed E-state index contributed by atoms with van der Waals surface area (Å²) in [6.45, 7) is 0.752. The summed E-state index contributed by atoms with van der Waals surface area (Å²) < 4.78 is 20.5. The molecule has 0 unspecified atom stereocenters. The predicted octanol–water partition coefficient (Wildman–Crippen LogP) is 1.29. The highest BCUT2D eigenvalue weighted by Gasteiger charge is 2.34. The van der Waals surface area contributed by atoms with Crippen molar-refractivity contribution >= 4 is 11.6 Å². The molecule has 7 heteroatoms. The number of anilines is 1. The Labute approximate surface area is 125 Å². The normalized spacial score (nSPS) is 16.8. The van der Waals surface area contributed by atoms with E-state index in [2.05, 4.69) is 0 Å². The van der Waals surface area contributed by atoms with Gasteiger partial charge in [-0.2, -0.15) is 0 Å². The first kappa shape index (κ1) is 13.1. The lowest BCUT2D eigenvalue weighted by Crippen LogP contribution is -2.41. The van der Waals surface area contributed by atoms with E-state index in [0.29, 0.717) is 36.4 Å². The van der Waals surface area contributed by atoms with E-state index in [9.17, 15) is 19.4 Å². The minimum Gasteiger partial charge on any atom is -0.494 e. The Morgan fingerprint density at radius 1 is 1.18 bits per heavy atom. The average molecular weight is 304 g/mol. The molecule has 0 radical (unpaired) electrons. The van der Waals surface area contributed by atoms with Gasteiger partial charge in [-0.3, -0.25) is 4.79 Å². The van der Waals surface area contributed by atoms with Crippen LogP contribution in [0.3, 0.4) is 0 Å². The molecule has 1 amide bonds. The Hall–Kier alpha value is -2.54. The van der Waals surface area contributed by atoms with Crippen LogP contribution in [0.4, 0.5) is 10.1 Å². The number of nitrogens with zero attached hydrogens (tertiary/aromatic N) is 2. The molecule has 1 aliphatic carbocycles. The highest BCUT2D eigenvalue weighted by atomic mass is 19.1. The fourth-order valence-electron chi connectivity index (χ4n) is 2.80. The number of aromatic nitrogens is 1. The molecule has 6 nitrogen and oxygen atoms in total. The smallest absolute Gasteiger partial charge is 0.253 e. The highest BCUT2D eigenvalue weighted by molar-refractivity contribution is 5.95. The van der Waals surface area contributed by atoms with Crippen LogP contribution in [0.15, 0.2) is 18.2 Å². The van der Waals surface area contributed by atoms with Gasteiger partial charge in [0.15, 0.2) is 0 Å². The van der Waals surface area contributed by atoms with Gasteiger partial charge in [0, 0.05) is 29.8 Å². The van der Waals surface area contributed by atoms with Crippen LogP contribution in [-0.4, -0.2) is 40.4 Å². The third-order valence-corrected chi connectivity index (χ3v) is 4.03. The van der Waals surface area contributed by atoms with Crippen molar-refractivity contribution in [2.75, 3.05) is 24.7 Å². The molecular formula is C15H13FN2O4. The van der Waals surface area contributed by atoms with E-state index in [1.165, 1.54) is 17.0 Å². The lowest BCUT2D eigenvalue weighted by atomic mass is 10.2. The SMILES string of the molecule is O=C1COCCN1c1ccc(-n2c(O)c3c(c2O)C3)c(F)c1. The van der Waals surface area contributed by atoms with Gasteiger partial charge in [-0.05, 0) is 18.2 Å². The second kappa shape index (κ2) is 4.48. The van der Waals surface area contributed by atoms with Crippen LogP contribution >= 0.6 is 0 Å². The monoisotopic (exact) mass is 304 g/mol. The number of morpholine rings is 1. The van der Waals surface area contributed by atoms with Crippen LogP contribution in [-0.2, 0) is 16.0 Å². The molecule has 4 rings (SSSR count). The van der Waals surface area contributed by atoms with E-state index >= 15 is 0 Å². The lowest BCUT2D eigenvalue weighted by molar-refractivity contribution is -0.125. The van der Waals surface area contributed by atoms with Gasteiger partial charge in [-0.15, -0.1) is 0 Å². The number of hydrogen-bond donors (Lipinski definition) is 2. The molecule has 2 aliphatic rings. The summed E-state index contributed by atoms with van der Waals surface area (Å²) in [7, 11) is 0. The maximum Gasteiger partial charge on any atom is 0.253 e. The molecule has 1 fully saturated rings. The van der Waals surface area contributed by atoms with Crippen molar-refractivity contribution in [3.8, 4) is 17.4 Å². The molecule has 0 saturated carbocycles. The maximum atomic E-state index is 14.4. The Morgan fingerprint density at radius 3 is 2.55 bits per heavy atom. The summed E-state index contributed by atoms with van der Waals surface area (Å²) >= 11 is 0. The van der Waals surface area contributed by atoms with Crippen molar-refractivity contribution in [2.45, 2.75) is 6.42 Å². The molecular weight excluding hydrogens is 291 g/mol. The van der Waals surface area contributed by atoms with Crippen LogP contribution in [0.2, 0.25) is 0 Å². The standard InChI is InChI=1S/C15H13FN2O4/c16-11-5-8(17-3-4-22-7-13(17)19)1-2-12(11)18-14(20)9-6-10(9)15(18)21/h1-2,5,20-21H,3-4,6-7H2. The topological polar surface area (TPSA) is 74.9 Å². The number of hydrogen-bond acceptors (Lipinski definition) is 4. The molecule has 1 aliphatic heterocycles. The Morgan fingerprint density at radius 2 is 1.91 bits per heavy atom. The summed E-state index contributed by atoms with van der Waals surface area (Å²) in [6, 6.07) is 4.24. The summed E-state index contributed by atoms with van der Waals surface area (Å²) in [5.74, 6) is -1.13.